The zero-order chi connectivity index (χ0) is 17.9. The molecule has 0 aromatic heterocycles. The summed E-state index contributed by atoms with van der Waals surface area (Å²) in [5.74, 6) is 0. The summed E-state index contributed by atoms with van der Waals surface area (Å²) in [4.78, 5) is 0. The minimum atomic E-state index is 0. The first-order chi connectivity index (χ1) is 12.9. The summed E-state index contributed by atoms with van der Waals surface area (Å²) in [6, 6.07) is 13.7. The maximum Gasteiger partial charge on any atom is 4.00 e. The third-order valence-electron chi connectivity index (χ3n) is 6.30. The molecule has 0 N–H and O–H groups in total. The molecular weight excluding hydrogens is 474 g/mol. The van der Waals surface area contributed by atoms with E-state index < -0.39 is 0 Å². The molecule has 2 aliphatic rings. The van der Waals surface area contributed by atoms with E-state index in [1.54, 1.807) is 22.3 Å². The fourth-order valence-electron chi connectivity index (χ4n) is 4.64. The van der Waals surface area contributed by atoms with Crippen LogP contribution in [0.3, 0.4) is 0 Å². The van der Waals surface area contributed by atoms with E-state index >= 15 is 0 Å². The van der Waals surface area contributed by atoms with Crippen molar-refractivity contribution in [3.63, 3.8) is 0 Å². The molecule has 2 aromatic rings. The number of rotatable bonds is 0. The first kappa shape index (κ1) is 29.2. The van der Waals surface area contributed by atoms with Crippen LogP contribution in [0.25, 0.3) is 0 Å². The van der Waals surface area contributed by atoms with Gasteiger partial charge in [-0.1, -0.05) is 103 Å². The summed E-state index contributed by atoms with van der Waals surface area (Å²) >= 11 is 0. The van der Waals surface area contributed by atoms with Crippen molar-refractivity contribution in [1.29, 1.82) is 0 Å². The standard InChI is InChI=1S/2C13H19.2ClH.Zr/c2*1-2-4-6-9-13-11-7-10-12(13)8-5-3-1;;;/h2*7,10-11H,1-6,8-9H2;2*1H;/q2*-1;;;+4/p-2. The van der Waals surface area contributed by atoms with E-state index in [2.05, 4.69) is 36.4 Å². The topological polar surface area (TPSA) is 0 Å². The van der Waals surface area contributed by atoms with Crippen LogP contribution in [0.2, 0.25) is 0 Å². The molecule has 160 valence electrons. The normalized spacial score (nSPS) is 17.4. The largest absolute Gasteiger partial charge is 4.00 e. The molecule has 3 heteroatoms. The Labute approximate surface area is 211 Å². The Hall–Kier alpha value is 0.163. The molecule has 0 aliphatic heterocycles. The fraction of sp³-hybridized carbons (Fsp3) is 0.615. The van der Waals surface area contributed by atoms with Crippen LogP contribution in [0.4, 0.5) is 0 Å². The number of hydrogen-bond donors (Lipinski definition) is 0. The van der Waals surface area contributed by atoms with Crippen LogP contribution in [0.5, 0.6) is 0 Å². The minimum Gasteiger partial charge on any atom is -1.00 e. The summed E-state index contributed by atoms with van der Waals surface area (Å²) in [6.45, 7) is 0. The van der Waals surface area contributed by atoms with Crippen molar-refractivity contribution >= 4 is 0 Å². The van der Waals surface area contributed by atoms with Crippen molar-refractivity contribution in [2.24, 2.45) is 0 Å². The summed E-state index contributed by atoms with van der Waals surface area (Å²) in [5, 5.41) is 0. The third-order valence-corrected chi connectivity index (χ3v) is 6.30. The van der Waals surface area contributed by atoms with E-state index in [4.69, 9.17) is 0 Å². The fourth-order valence-corrected chi connectivity index (χ4v) is 4.64. The van der Waals surface area contributed by atoms with E-state index in [1.165, 1.54) is 103 Å². The Morgan fingerprint density at radius 3 is 1.14 bits per heavy atom. The molecule has 0 amide bonds. The van der Waals surface area contributed by atoms with Gasteiger partial charge >= 0.3 is 26.2 Å². The second-order valence-corrected chi connectivity index (χ2v) is 8.40. The maximum atomic E-state index is 2.32. The molecule has 0 heterocycles. The Balaban J connectivity index is 0.000000490. The molecule has 0 nitrogen and oxygen atoms in total. The molecule has 0 saturated heterocycles. The van der Waals surface area contributed by atoms with Gasteiger partial charge in [0.1, 0.15) is 0 Å². The molecule has 2 aliphatic carbocycles. The van der Waals surface area contributed by atoms with Crippen molar-refractivity contribution < 1.29 is 51.0 Å². The minimum absolute atomic E-state index is 0. The number of fused-ring (bicyclic) bond motifs is 2. The van der Waals surface area contributed by atoms with Gasteiger partial charge in [0.15, 0.2) is 0 Å². The summed E-state index contributed by atoms with van der Waals surface area (Å²) in [6.07, 6.45) is 22.4. The average Bonchev–Trinajstić information content (AvgIpc) is 3.31. The zero-order valence-electron chi connectivity index (χ0n) is 18.0. The smallest absolute Gasteiger partial charge is 1.00 e. The van der Waals surface area contributed by atoms with Crippen molar-refractivity contribution in [2.75, 3.05) is 0 Å². The predicted octanol–water partition coefficient (Wildman–Crippen LogP) is 1.69. The van der Waals surface area contributed by atoms with Crippen LogP contribution < -0.4 is 24.8 Å². The van der Waals surface area contributed by atoms with Gasteiger partial charge in [0.05, 0.1) is 0 Å². The van der Waals surface area contributed by atoms with Crippen molar-refractivity contribution in [1.82, 2.24) is 0 Å². The van der Waals surface area contributed by atoms with Gasteiger partial charge in [0.2, 0.25) is 0 Å². The molecule has 4 rings (SSSR count). The molecule has 0 unspecified atom stereocenters. The molecular formula is C26H38Cl2Zr. The van der Waals surface area contributed by atoms with Gasteiger partial charge in [0, 0.05) is 0 Å². The van der Waals surface area contributed by atoms with Crippen LogP contribution in [0.1, 0.15) is 99.3 Å². The van der Waals surface area contributed by atoms with Gasteiger partial charge in [-0.15, -0.1) is 0 Å². The predicted molar refractivity (Wildman–Crippen MR) is 114 cm³/mol. The van der Waals surface area contributed by atoms with E-state index in [9.17, 15) is 0 Å². The quantitative estimate of drug-likeness (QED) is 0.472. The van der Waals surface area contributed by atoms with Crippen LogP contribution in [0.15, 0.2) is 36.4 Å². The monoisotopic (exact) mass is 510 g/mol. The summed E-state index contributed by atoms with van der Waals surface area (Å²) < 4.78 is 0. The van der Waals surface area contributed by atoms with Crippen molar-refractivity contribution in [2.45, 2.75) is 103 Å². The van der Waals surface area contributed by atoms with Crippen molar-refractivity contribution in [3.05, 3.63) is 58.7 Å². The molecule has 0 bridgehead atoms. The second-order valence-electron chi connectivity index (χ2n) is 8.40. The van der Waals surface area contributed by atoms with Gasteiger partial charge in [-0.25, -0.2) is 12.1 Å². The molecule has 29 heavy (non-hydrogen) atoms. The molecule has 2 aromatic carbocycles. The Morgan fingerprint density at radius 1 is 0.448 bits per heavy atom. The second kappa shape index (κ2) is 17.8. The van der Waals surface area contributed by atoms with E-state index in [0.717, 1.165) is 0 Å². The van der Waals surface area contributed by atoms with Crippen LogP contribution in [0, 0.1) is 0 Å². The zero-order valence-corrected chi connectivity index (χ0v) is 22.0. The van der Waals surface area contributed by atoms with Crippen molar-refractivity contribution in [3.8, 4) is 0 Å². The number of aryl methyl sites for hydroxylation is 4. The maximum absolute atomic E-state index is 2.32. The van der Waals surface area contributed by atoms with Gasteiger partial charge in [0.25, 0.3) is 0 Å². The van der Waals surface area contributed by atoms with E-state index in [0.29, 0.717) is 0 Å². The molecule has 0 radical (unpaired) electrons. The van der Waals surface area contributed by atoms with Crippen LogP contribution >= 0.6 is 0 Å². The Morgan fingerprint density at radius 2 is 0.759 bits per heavy atom. The van der Waals surface area contributed by atoms with Gasteiger partial charge in [-0.3, -0.25) is 0 Å². The Kier molecular flexibility index (Phi) is 17.9. The van der Waals surface area contributed by atoms with Gasteiger partial charge < -0.3 is 24.8 Å². The third kappa shape index (κ3) is 10.8. The van der Waals surface area contributed by atoms with Crippen LogP contribution in [-0.4, -0.2) is 0 Å². The summed E-state index contributed by atoms with van der Waals surface area (Å²) in [5.41, 5.74) is 6.51. The first-order valence-corrected chi connectivity index (χ1v) is 11.4. The molecule has 0 saturated carbocycles. The first-order valence-electron chi connectivity index (χ1n) is 11.4. The van der Waals surface area contributed by atoms with E-state index in [-0.39, 0.29) is 51.0 Å². The number of halogens is 2. The molecule has 0 atom stereocenters. The van der Waals surface area contributed by atoms with Gasteiger partial charge in [-0.05, 0) is 0 Å². The van der Waals surface area contributed by atoms with Crippen LogP contribution in [-0.2, 0) is 51.9 Å². The Bertz CT molecular complexity index is 511. The van der Waals surface area contributed by atoms with Gasteiger partial charge in [-0.2, -0.15) is 46.5 Å². The average molecular weight is 513 g/mol. The molecule has 0 spiro atoms. The SMILES string of the molecule is [Cl-].[Cl-].[Zr+4].c1cc2c([cH-]1)CCCCCCCC2.c1cc2c([cH-]1)CCCCCCCC2. The summed E-state index contributed by atoms with van der Waals surface area (Å²) in [7, 11) is 0. The molecule has 0 fully saturated rings. The number of hydrogen-bond acceptors (Lipinski definition) is 0. The van der Waals surface area contributed by atoms with E-state index in [1.807, 2.05) is 0 Å².